The molecule has 0 radical (unpaired) electrons. The fourth-order valence-electron chi connectivity index (χ4n) is 3.07. The van der Waals surface area contributed by atoms with Crippen molar-refractivity contribution in [2.75, 3.05) is 13.1 Å². The minimum atomic E-state index is 0.120. The average Bonchev–Trinajstić information content (AvgIpc) is 2.84. The summed E-state index contributed by atoms with van der Waals surface area (Å²) in [6.45, 7) is 4.34. The van der Waals surface area contributed by atoms with Gasteiger partial charge in [-0.2, -0.15) is 0 Å². The van der Waals surface area contributed by atoms with Crippen LogP contribution in [0.1, 0.15) is 38.4 Å². The smallest absolute Gasteiger partial charge is 0.254 e. The molecular weight excluding hydrogens is 226 g/mol. The summed E-state index contributed by atoms with van der Waals surface area (Å²) < 4.78 is 2.04. The van der Waals surface area contributed by atoms with Crippen molar-refractivity contribution in [2.45, 2.75) is 38.0 Å². The summed E-state index contributed by atoms with van der Waals surface area (Å²) in [7, 11) is 0. The van der Waals surface area contributed by atoms with Crippen LogP contribution in [0.25, 0.3) is 5.78 Å². The number of aromatic nitrogens is 4. The van der Waals surface area contributed by atoms with E-state index in [2.05, 4.69) is 27.4 Å². The van der Waals surface area contributed by atoms with Gasteiger partial charge < -0.3 is 5.32 Å². The molecule has 5 nitrogen and oxygen atoms in total. The third-order valence-corrected chi connectivity index (χ3v) is 3.86. The second kappa shape index (κ2) is 4.65. The van der Waals surface area contributed by atoms with Gasteiger partial charge in [-0.1, -0.05) is 13.3 Å². The zero-order chi connectivity index (χ0) is 12.4. The fraction of sp³-hybridized carbons (Fsp3) is 0.615. The van der Waals surface area contributed by atoms with Crippen molar-refractivity contribution in [1.82, 2.24) is 24.9 Å². The van der Waals surface area contributed by atoms with Crippen LogP contribution in [0.4, 0.5) is 0 Å². The maximum absolute atomic E-state index is 4.42. The first kappa shape index (κ1) is 11.6. The van der Waals surface area contributed by atoms with E-state index >= 15 is 0 Å². The molecule has 1 saturated heterocycles. The Morgan fingerprint density at radius 1 is 1.44 bits per heavy atom. The maximum Gasteiger partial charge on any atom is 0.254 e. The van der Waals surface area contributed by atoms with E-state index in [1.807, 2.05) is 16.7 Å². The SMILES string of the molecule is CCCC1(c2nnc3ncccn23)CCCNC1. The highest BCUT2D eigenvalue weighted by Gasteiger charge is 2.37. The minimum Gasteiger partial charge on any atom is -0.316 e. The molecule has 0 amide bonds. The molecule has 3 heterocycles. The number of hydrogen-bond acceptors (Lipinski definition) is 4. The van der Waals surface area contributed by atoms with Crippen LogP contribution in [0, 0.1) is 0 Å². The lowest BCUT2D eigenvalue weighted by Gasteiger charge is -2.36. The van der Waals surface area contributed by atoms with Crippen molar-refractivity contribution in [1.29, 1.82) is 0 Å². The zero-order valence-electron chi connectivity index (χ0n) is 10.8. The molecule has 1 atom stereocenters. The van der Waals surface area contributed by atoms with Crippen LogP contribution in [-0.4, -0.2) is 32.7 Å². The molecule has 3 rings (SSSR count). The van der Waals surface area contributed by atoms with Gasteiger partial charge in [-0.15, -0.1) is 10.2 Å². The highest BCUT2D eigenvalue weighted by Crippen LogP contribution is 2.34. The van der Waals surface area contributed by atoms with Gasteiger partial charge in [-0.05, 0) is 31.9 Å². The highest BCUT2D eigenvalue weighted by molar-refractivity contribution is 5.29. The van der Waals surface area contributed by atoms with E-state index in [4.69, 9.17) is 0 Å². The number of nitrogens with one attached hydrogen (secondary N) is 1. The molecule has 1 unspecified atom stereocenters. The quantitative estimate of drug-likeness (QED) is 0.891. The third-order valence-electron chi connectivity index (χ3n) is 3.86. The zero-order valence-corrected chi connectivity index (χ0v) is 10.8. The van der Waals surface area contributed by atoms with Crippen LogP contribution in [-0.2, 0) is 5.41 Å². The maximum atomic E-state index is 4.42. The van der Waals surface area contributed by atoms with Crippen molar-refractivity contribution in [3.63, 3.8) is 0 Å². The molecule has 0 saturated carbocycles. The van der Waals surface area contributed by atoms with Crippen LogP contribution >= 0.6 is 0 Å². The molecule has 0 spiro atoms. The average molecular weight is 245 g/mol. The standard InChI is InChI=1S/C13H19N5/c1-2-5-13(6-3-7-14-10-13)11-16-17-12-15-8-4-9-18(11)12/h4,8-9,14H,2-3,5-7,10H2,1H3. The molecule has 96 valence electrons. The molecule has 5 heteroatoms. The Balaban J connectivity index is 2.08. The van der Waals surface area contributed by atoms with Crippen LogP contribution in [0.2, 0.25) is 0 Å². The van der Waals surface area contributed by atoms with E-state index in [-0.39, 0.29) is 5.41 Å². The van der Waals surface area contributed by atoms with E-state index in [1.165, 1.54) is 12.8 Å². The molecule has 0 aromatic carbocycles. The first-order valence-electron chi connectivity index (χ1n) is 6.73. The number of piperidine rings is 1. The number of fused-ring (bicyclic) bond motifs is 1. The Labute approximate surface area is 107 Å². The molecule has 1 aliphatic heterocycles. The first-order valence-corrected chi connectivity index (χ1v) is 6.73. The third kappa shape index (κ3) is 1.79. The van der Waals surface area contributed by atoms with Gasteiger partial charge >= 0.3 is 0 Å². The fourth-order valence-corrected chi connectivity index (χ4v) is 3.07. The van der Waals surface area contributed by atoms with Gasteiger partial charge in [0.15, 0.2) is 0 Å². The molecule has 1 N–H and O–H groups in total. The second-order valence-corrected chi connectivity index (χ2v) is 5.12. The lowest BCUT2D eigenvalue weighted by atomic mass is 9.76. The Bertz CT molecular complexity index is 521. The molecule has 18 heavy (non-hydrogen) atoms. The van der Waals surface area contributed by atoms with E-state index in [0.29, 0.717) is 5.78 Å². The normalized spacial score (nSPS) is 24.5. The Hall–Kier alpha value is -1.49. The Morgan fingerprint density at radius 3 is 3.17 bits per heavy atom. The van der Waals surface area contributed by atoms with Gasteiger partial charge in [0.05, 0.1) is 0 Å². The predicted molar refractivity (Wildman–Crippen MR) is 69.5 cm³/mol. The summed E-state index contributed by atoms with van der Waals surface area (Å²) in [5.74, 6) is 1.77. The summed E-state index contributed by atoms with van der Waals surface area (Å²) in [5.41, 5.74) is 0.120. The van der Waals surface area contributed by atoms with Crippen LogP contribution in [0.3, 0.4) is 0 Å². The van der Waals surface area contributed by atoms with Gasteiger partial charge in [0, 0.05) is 24.4 Å². The van der Waals surface area contributed by atoms with Crippen molar-refractivity contribution in [3.8, 4) is 0 Å². The molecule has 2 aromatic heterocycles. The topological polar surface area (TPSA) is 55.1 Å². The molecule has 1 fully saturated rings. The van der Waals surface area contributed by atoms with Crippen molar-refractivity contribution >= 4 is 5.78 Å². The summed E-state index contributed by atoms with van der Waals surface area (Å²) >= 11 is 0. The van der Waals surface area contributed by atoms with Crippen molar-refractivity contribution in [2.24, 2.45) is 0 Å². The largest absolute Gasteiger partial charge is 0.316 e. The van der Waals surface area contributed by atoms with E-state index < -0.39 is 0 Å². The molecule has 1 aliphatic rings. The number of nitrogens with zero attached hydrogens (tertiary/aromatic N) is 4. The molecule has 0 aliphatic carbocycles. The van der Waals surface area contributed by atoms with Crippen molar-refractivity contribution in [3.05, 3.63) is 24.3 Å². The monoisotopic (exact) mass is 245 g/mol. The van der Waals surface area contributed by atoms with Gasteiger partial charge in [-0.3, -0.25) is 4.40 Å². The van der Waals surface area contributed by atoms with Crippen molar-refractivity contribution < 1.29 is 0 Å². The van der Waals surface area contributed by atoms with E-state index in [0.717, 1.165) is 31.8 Å². The van der Waals surface area contributed by atoms with Gasteiger partial charge in [-0.25, -0.2) is 4.98 Å². The first-order chi connectivity index (χ1) is 8.86. The summed E-state index contributed by atoms with van der Waals surface area (Å²) in [4.78, 5) is 4.26. The second-order valence-electron chi connectivity index (χ2n) is 5.12. The predicted octanol–water partition coefficient (Wildman–Crippen LogP) is 1.55. The molecular formula is C13H19N5. The van der Waals surface area contributed by atoms with Crippen LogP contribution < -0.4 is 5.32 Å². The Kier molecular flexibility index (Phi) is 2.99. The van der Waals surface area contributed by atoms with Gasteiger partial charge in [0.25, 0.3) is 5.78 Å². The van der Waals surface area contributed by atoms with E-state index in [9.17, 15) is 0 Å². The Morgan fingerprint density at radius 2 is 2.39 bits per heavy atom. The van der Waals surface area contributed by atoms with E-state index in [1.54, 1.807) is 6.20 Å². The number of hydrogen-bond donors (Lipinski definition) is 1. The summed E-state index contributed by atoms with van der Waals surface area (Å²) in [5, 5.41) is 12.1. The summed E-state index contributed by atoms with van der Waals surface area (Å²) in [6.07, 6.45) is 8.48. The summed E-state index contributed by atoms with van der Waals surface area (Å²) in [6, 6.07) is 1.94. The molecule has 2 aromatic rings. The lowest BCUT2D eigenvalue weighted by Crippen LogP contribution is -2.44. The van der Waals surface area contributed by atoms with Crippen LogP contribution in [0.5, 0.6) is 0 Å². The van der Waals surface area contributed by atoms with Crippen LogP contribution in [0.15, 0.2) is 18.5 Å². The molecule has 0 bridgehead atoms. The van der Waals surface area contributed by atoms with Gasteiger partial charge in [0.1, 0.15) is 5.82 Å². The lowest BCUT2D eigenvalue weighted by molar-refractivity contribution is 0.274. The number of rotatable bonds is 3. The van der Waals surface area contributed by atoms with Gasteiger partial charge in [0.2, 0.25) is 0 Å². The highest BCUT2D eigenvalue weighted by atomic mass is 15.3. The minimum absolute atomic E-state index is 0.120.